The molecule has 0 bridgehead atoms. The maximum Gasteiger partial charge on any atom is 0.334 e. The average Bonchev–Trinajstić information content (AvgIpc) is 3.13. The molecule has 33 heavy (non-hydrogen) atoms. The van der Waals surface area contributed by atoms with Crippen LogP contribution in [0, 0.1) is 0 Å². The van der Waals surface area contributed by atoms with Gasteiger partial charge in [0.2, 0.25) is 0 Å². The maximum absolute atomic E-state index is 12.5. The second kappa shape index (κ2) is 8.91. The summed E-state index contributed by atoms with van der Waals surface area (Å²) in [7, 11) is 0. The zero-order valence-corrected chi connectivity index (χ0v) is 18.8. The normalized spacial score (nSPS) is 13.8. The summed E-state index contributed by atoms with van der Waals surface area (Å²) >= 11 is 0. The van der Waals surface area contributed by atoms with E-state index in [1.807, 2.05) is 24.3 Å². The fourth-order valence-electron chi connectivity index (χ4n) is 4.59. The maximum atomic E-state index is 12.5. The van der Waals surface area contributed by atoms with Crippen molar-refractivity contribution >= 4 is 5.97 Å². The van der Waals surface area contributed by atoms with Crippen LogP contribution in [-0.2, 0) is 22.4 Å². The van der Waals surface area contributed by atoms with Crippen LogP contribution in [0.15, 0.2) is 109 Å². The Bertz CT molecular complexity index is 1320. The zero-order valence-electron chi connectivity index (χ0n) is 18.8. The highest BCUT2D eigenvalue weighted by atomic mass is 16.5. The Morgan fingerprint density at radius 2 is 1.27 bits per heavy atom. The molecule has 0 saturated heterocycles. The third kappa shape index (κ3) is 4.25. The number of ether oxygens (including phenoxy) is 1. The van der Waals surface area contributed by atoms with E-state index in [1.54, 1.807) is 6.92 Å². The first kappa shape index (κ1) is 21.0. The van der Waals surface area contributed by atoms with Gasteiger partial charge in [0, 0.05) is 16.7 Å². The standard InChI is InChI=1S/C31H26O2/c1-21(2)31(32)33-30-27-16-10-9-15-26(27)28-19-24(17-22-11-5-3-6-12-22)25(20-29(28)30)18-23-13-7-4-8-14-23/h3-16,19-20,30H,1,17-18H2,2H3. The van der Waals surface area contributed by atoms with Crippen molar-refractivity contribution in [3.63, 3.8) is 0 Å². The molecule has 0 spiro atoms. The summed E-state index contributed by atoms with van der Waals surface area (Å²) < 4.78 is 5.95. The summed E-state index contributed by atoms with van der Waals surface area (Å²) in [5.41, 5.74) is 9.87. The number of fused-ring (bicyclic) bond motifs is 3. The quantitative estimate of drug-likeness (QED) is 0.242. The summed E-state index contributed by atoms with van der Waals surface area (Å²) in [4.78, 5) is 12.5. The van der Waals surface area contributed by atoms with Crippen LogP contribution in [0.3, 0.4) is 0 Å². The summed E-state index contributed by atoms with van der Waals surface area (Å²) in [6, 6.07) is 33.8. The van der Waals surface area contributed by atoms with Gasteiger partial charge in [-0.3, -0.25) is 0 Å². The lowest BCUT2D eigenvalue weighted by Gasteiger charge is -2.18. The van der Waals surface area contributed by atoms with Crippen molar-refractivity contribution in [1.82, 2.24) is 0 Å². The molecule has 1 unspecified atom stereocenters. The monoisotopic (exact) mass is 430 g/mol. The third-order valence-electron chi connectivity index (χ3n) is 6.24. The number of benzene rings is 4. The highest BCUT2D eigenvalue weighted by molar-refractivity contribution is 5.88. The van der Waals surface area contributed by atoms with Crippen LogP contribution in [0.5, 0.6) is 0 Å². The highest BCUT2D eigenvalue weighted by Crippen LogP contribution is 2.47. The van der Waals surface area contributed by atoms with E-state index in [0.717, 1.165) is 35.1 Å². The number of hydrogen-bond acceptors (Lipinski definition) is 2. The smallest absolute Gasteiger partial charge is 0.334 e. The number of carbonyl (C=O) groups excluding carboxylic acids is 1. The molecule has 0 aromatic heterocycles. The Kier molecular flexibility index (Phi) is 5.66. The van der Waals surface area contributed by atoms with E-state index in [0.29, 0.717) is 5.57 Å². The molecule has 2 nitrogen and oxygen atoms in total. The van der Waals surface area contributed by atoms with E-state index >= 15 is 0 Å². The molecule has 4 aromatic carbocycles. The lowest BCUT2D eigenvalue weighted by Crippen LogP contribution is -2.11. The van der Waals surface area contributed by atoms with Crippen LogP contribution in [0.2, 0.25) is 0 Å². The fraction of sp³-hybridized carbons (Fsp3) is 0.129. The molecular weight excluding hydrogens is 404 g/mol. The van der Waals surface area contributed by atoms with E-state index < -0.39 is 6.10 Å². The Morgan fingerprint density at radius 3 is 1.88 bits per heavy atom. The van der Waals surface area contributed by atoms with E-state index in [-0.39, 0.29) is 5.97 Å². The minimum absolute atomic E-state index is 0.361. The lowest BCUT2D eigenvalue weighted by atomic mass is 9.90. The first-order chi connectivity index (χ1) is 16.1. The van der Waals surface area contributed by atoms with Gasteiger partial charge in [-0.1, -0.05) is 104 Å². The molecule has 1 atom stereocenters. The Morgan fingerprint density at radius 1 is 0.727 bits per heavy atom. The van der Waals surface area contributed by atoms with Gasteiger partial charge in [-0.25, -0.2) is 4.79 Å². The molecule has 0 fully saturated rings. The van der Waals surface area contributed by atoms with E-state index in [2.05, 4.69) is 79.4 Å². The van der Waals surface area contributed by atoms with Gasteiger partial charge < -0.3 is 4.74 Å². The first-order valence-electron chi connectivity index (χ1n) is 11.3. The minimum atomic E-state index is -0.416. The Hall–Kier alpha value is -3.91. The number of hydrogen-bond donors (Lipinski definition) is 0. The van der Waals surface area contributed by atoms with Crippen LogP contribution < -0.4 is 0 Å². The molecule has 162 valence electrons. The number of rotatable bonds is 6. The molecule has 0 heterocycles. The average molecular weight is 431 g/mol. The van der Waals surface area contributed by atoms with Crippen molar-refractivity contribution in [2.45, 2.75) is 25.9 Å². The van der Waals surface area contributed by atoms with Gasteiger partial charge in [0.15, 0.2) is 6.10 Å². The largest absolute Gasteiger partial charge is 0.449 e. The second-order valence-corrected chi connectivity index (χ2v) is 8.69. The molecule has 0 saturated carbocycles. The molecule has 5 rings (SSSR count). The molecule has 0 radical (unpaired) electrons. The molecule has 1 aliphatic carbocycles. The summed E-state index contributed by atoms with van der Waals surface area (Å²) in [5, 5.41) is 0. The lowest BCUT2D eigenvalue weighted by molar-refractivity contribution is -0.142. The van der Waals surface area contributed by atoms with Gasteiger partial charge in [0.25, 0.3) is 0 Å². The number of carbonyl (C=O) groups is 1. The van der Waals surface area contributed by atoms with Crippen LogP contribution in [0.1, 0.15) is 46.4 Å². The third-order valence-corrected chi connectivity index (χ3v) is 6.24. The number of esters is 1. The first-order valence-corrected chi connectivity index (χ1v) is 11.3. The molecule has 0 aliphatic heterocycles. The van der Waals surface area contributed by atoms with Crippen LogP contribution in [-0.4, -0.2) is 5.97 Å². The van der Waals surface area contributed by atoms with Crippen molar-refractivity contribution < 1.29 is 9.53 Å². The minimum Gasteiger partial charge on any atom is -0.449 e. The van der Waals surface area contributed by atoms with E-state index in [9.17, 15) is 4.79 Å². The predicted octanol–water partition coefficient (Wildman–Crippen LogP) is 7.06. The van der Waals surface area contributed by atoms with Gasteiger partial charge in [0.05, 0.1) is 0 Å². The SMILES string of the molecule is C=C(C)C(=O)OC1c2ccccc2-c2cc(Cc3ccccc3)c(Cc3ccccc3)cc21. The molecular formula is C31H26O2. The van der Waals surface area contributed by atoms with Crippen molar-refractivity contribution in [1.29, 1.82) is 0 Å². The van der Waals surface area contributed by atoms with Gasteiger partial charge in [0.1, 0.15) is 0 Å². The van der Waals surface area contributed by atoms with Crippen LogP contribution in [0.25, 0.3) is 11.1 Å². The van der Waals surface area contributed by atoms with E-state index in [4.69, 9.17) is 4.74 Å². The van der Waals surface area contributed by atoms with Crippen molar-refractivity contribution in [2.24, 2.45) is 0 Å². The van der Waals surface area contributed by atoms with Gasteiger partial charge in [-0.05, 0) is 53.1 Å². The molecule has 2 heteroatoms. The molecule has 0 N–H and O–H groups in total. The van der Waals surface area contributed by atoms with Crippen molar-refractivity contribution in [2.75, 3.05) is 0 Å². The van der Waals surface area contributed by atoms with Crippen LogP contribution >= 0.6 is 0 Å². The fourth-order valence-corrected chi connectivity index (χ4v) is 4.59. The molecule has 4 aromatic rings. The molecule has 0 amide bonds. The molecule has 1 aliphatic rings. The Labute approximate surface area is 195 Å². The van der Waals surface area contributed by atoms with E-state index in [1.165, 1.54) is 22.3 Å². The zero-order chi connectivity index (χ0) is 22.8. The van der Waals surface area contributed by atoms with Gasteiger partial charge in [-0.15, -0.1) is 0 Å². The van der Waals surface area contributed by atoms with Crippen LogP contribution in [0.4, 0.5) is 0 Å². The second-order valence-electron chi connectivity index (χ2n) is 8.69. The topological polar surface area (TPSA) is 26.3 Å². The van der Waals surface area contributed by atoms with Gasteiger partial charge >= 0.3 is 5.97 Å². The summed E-state index contributed by atoms with van der Waals surface area (Å²) in [6.07, 6.45) is 1.27. The Balaban J connectivity index is 1.64. The predicted molar refractivity (Wildman–Crippen MR) is 133 cm³/mol. The summed E-state index contributed by atoms with van der Waals surface area (Å²) in [6.45, 7) is 5.46. The highest BCUT2D eigenvalue weighted by Gasteiger charge is 2.32. The summed E-state index contributed by atoms with van der Waals surface area (Å²) in [5.74, 6) is -0.361. The van der Waals surface area contributed by atoms with Crippen molar-refractivity contribution in [3.05, 3.63) is 143 Å². The van der Waals surface area contributed by atoms with Crippen molar-refractivity contribution in [3.8, 4) is 11.1 Å². The van der Waals surface area contributed by atoms with Gasteiger partial charge in [-0.2, -0.15) is 0 Å².